The summed E-state index contributed by atoms with van der Waals surface area (Å²) in [6.07, 6.45) is 0.122. The summed E-state index contributed by atoms with van der Waals surface area (Å²) in [5.74, 6) is -1.11. The van der Waals surface area contributed by atoms with Crippen LogP contribution in [0.2, 0.25) is 0 Å². The molecule has 0 aliphatic rings. The number of benzene rings is 1. The molecule has 0 aliphatic carbocycles. The average Bonchev–Trinajstić information content (AvgIpc) is 2.17. The summed E-state index contributed by atoms with van der Waals surface area (Å²) in [6, 6.07) is 4.44. The minimum Gasteiger partial charge on any atom is -0.480 e. The lowest BCUT2D eigenvalue weighted by molar-refractivity contribution is -0.138. The molecular weight excluding hydrogens is 269 g/mol. The fraction of sp³-hybridized carbons (Fsp3) is 0.222. The summed E-state index contributed by atoms with van der Waals surface area (Å²) in [7, 11) is -4.24. The Labute approximate surface area is 104 Å². The third-order valence-electron chi connectivity index (χ3n) is 2.05. The third kappa shape index (κ3) is 4.85. The molecule has 0 bridgehead atoms. The maximum absolute atomic E-state index is 10.9. The van der Waals surface area contributed by atoms with Crippen molar-refractivity contribution in [2.45, 2.75) is 12.5 Å². The van der Waals surface area contributed by atoms with Gasteiger partial charge in [-0.25, -0.2) is 0 Å². The van der Waals surface area contributed by atoms with Crippen molar-refractivity contribution in [2.75, 3.05) is 0 Å². The zero-order valence-electron chi connectivity index (χ0n) is 8.68. The van der Waals surface area contributed by atoms with Crippen molar-refractivity contribution < 1.29 is 24.3 Å². The van der Waals surface area contributed by atoms with Gasteiger partial charge in [-0.15, -0.1) is 12.4 Å². The first-order valence-corrected chi connectivity index (χ1v) is 6.05. The Morgan fingerprint density at radius 2 is 1.76 bits per heavy atom. The van der Waals surface area contributed by atoms with Crippen LogP contribution < -0.4 is 11.0 Å². The Hall–Kier alpha value is -0.910. The lowest BCUT2D eigenvalue weighted by Gasteiger charge is -2.08. The maximum Gasteiger partial charge on any atom is 0.356 e. The summed E-state index contributed by atoms with van der Waals surface area (Å²) in [6.45, 7) is 0. The number of carboxylic acids is 1. The Morgan fingerprint density at radius 3 is 2.12 bits per heavy atom. The van der Waals surface area contributed by atoms with Crippen LogP contribution in [0.3, 0.4) is 0 Å². The first-order valence-electron chi connectivity index (χ1n) is 4.44. The molecule has 1 unspecified atom stereocenters. The van der Waals surface area contributed by atoms with Crippen LogP contribution in [-0.4, -0.2) is 26.9 Å². The number of carbonyl (C=O) groups is 1. The predicted molar refractivity (Wildman–Crippen MR) is 64.7 cm³/mol. The summed E-state index contributed by atoms with van der Waals surface area (Å²) in [5.41, 5.74) is 5.94. The van der Waals surface area contributed by atoms with E-state index in [2.05, 4.69) is 0 Å². The second kappa shape index (κ2) is 6.14. The van der Waals surface area contributed by atoms with Crippen molar-refractivity contribution in [1.82, 2.24) is 0 Å². The number of aliphatic carboxylic acids is 1. The molecular formula is C9H13ClNO5P. The Balaban J connectivity index is 0.00000256. The number of hydrogen-bond donors (Lipinski definition) is 4. The number of nitrogens with two attached hydrogens (primary N) is 1. The van der Waals surface area contributed by atoms with E-state index in [4.69, 9.17) is 20.6 Å². The van der Waals surface area contributed by atoms with Crippen LogP contribution in [0, 0.1) is 0 Å². The maximum atomic E-state index is 10.9. The van der Waals surface area contributed by atoms with Crippen molar-refractivity contribution in [3.05, 3.63) is 29.8 Å². The van der Waals surface area contributed by atoms with Gasteiger partial charge in [0.2, 0.25) is 0 Å². The molecule has 5 N–H and O–H groups in total. The second-order valence-corrected chi connectivity index (χ2v) is 4.96. The van der Waals surface area contributed by atoms with Gasteiger partial charge in [-0.05, 0) is 24.1 Å². The topological polar surface area (TPSA) is 121 Å². The Morgan fingerprint density at radius 1 is 1.29 bits per heavy atom. The van der Waals surface area contributed by atoms with Gasteiger partial charge in [0.1, 0.15) is 6.04 Å². The minimum absolute atomic E-state index is 0. The molecule has 0 amide bonds. The molecule has 0 saturated heterocycles. The molecule has 6 nitrogen and oxygen atoms in total. The molecule has 0 fully saturated rings. The van der Waals surface area contributed by atoms with Gasteiger partial charge in [0, 0.05) is 0 Å². The highest BCUT2D eigenvalue weighted by atomic mass is 35.5. The highest BCUT2D eigenvalue weighted by Gasteiger charge is 2.17. The molecule has 1 atom stereocenters. The number of rotatable bonds is 4. The van der Waals surface area contributed by atoms with E-state index in [9.17, 15) is 9.36 Å². The molecule has 1 aromatic carbocycles. The molecule has 1 aromatic rings. The van der Waals surface area contributed by atoms with E-state index in [1.807, 2.05) is 0 Å². The van der Waals surface area contributed by atoms with Crippen molar-refractivity contribution >= 4 is 31.3 Å². The molecule has 1 rings (SSSR count). The molecule has 0 saturated carbocycles. The predicted octanol–water partition coefficient (Wildman–Crippen LogP) is -0.134. The van der Waals surface area contributed by atoms with Crippen molar-refractivity contribution in [3.63, 3.8) is 0 Å². The second-order valence-electron chi connectivity index (χ2n) is 3.36. The molecule has 8 heteroatoms. The van der Waals surface area contributed by atoms with Crippen LogP contribution in [0.25, 0.3) is 0 Å². The highest BCUT2D eigenvalue weighted by Crippen LogP contribution is 2.32. The van der Waals surface area contributed by atoms with Gasteiger partial charge >= 0.3 is 13.6 Å². The quantitative estimate of drug-likeness (QED) is 0.570. The van der Waals surface area contributed by atoms with Gasteiger partial charge in [-0.3, -0.25) is 9.36 Å². The largest absolute Gasteiger partial charge is 0.480 e. The van der Waals surface area contributed by atoms with Gasteiger partial charge in [-0.1, -0.05) is 12.1 Å². The SMILES string of the molecule is Cl.NC(Cc1ccc(P(=O)(O)O)cc1)C(=O)O. The van der Waals surface area contributed by atoms with Crippen molar-refractivity contribution in [1.29, 1.82) is 0 Å². The summed E-state index contributed by atoms with van der Waals surface area (Å²) in [5, 5.41) is 8.48. The summed E-state index contributed by atoms with van der Waals surface area (Å²) >= 11 is 0. The average molecular weight is 282 g/mol. The van der Waals surface area contributed by atoms with Crippen LogP contribution in [0.4, 0.5) is 0 Å². The fourth-order valence-electron chi connectivity index (χ4n) is 1.17. The Kier molecular flexibility index (Phi) is 5.81. The van der Waals surface area contributed by atoms with Crippen LogP contribution in [0.5, 0.6) is 0 Å². The lowest BCUT2D eigenvalue weighted by atomic mass is 10.1. The third-order valence-corrected chi connectivity index (χ3v) is 3.02. The molecule has 96 valence electrons. The normalized spacial score (nSPS) is 12.6. The first kappa shape index (κ1) is 16.1. The fourth-order valence-corrected chi connectivity index (χ4v) is 1.70. The van der Waals surface area contributed by atoms with Gasteiger partial charge in [0.05, 0.1) is 5.30 Å². The van der Waals surface area contributed by atoms with E-state index in [1.54, 1.807) is 0 Å². The molecule has 17 heavy (non-hydrogen) atoms. The van der Waals surface area contributed by atoms with E-state index >= 15 is 0 Å². The van der Waals surface area contributed by atoms with E-state index in [-0.39, 0.29) is 24.1 Å². The van der Waals surface area contributed by atoms with Gasteiger partial charge in [0.15, 0.2) is 0 Å². The molecule has 0 aromatic heterocycles. The van der Waals surface area contributed by atoms with E-state index < -0.39 is 19.6 Å². The summed E-state index contributed by atoms with van der Waals surface area (Å²) in [4.78, 5) is 28.2. The lowest BCUT2D eigenvalue weighted by Crippen LogP contribution is -2.32. The van der Waals surface area contributed by atoms with Crippen LogP contribution >= 0.6 is 20.0 Å². The molecule has 0 heterocycles. The smallest absolute Gasteiger partial charge is 0.356 e. The summed E-state index contributed by atoms with van der Waals surface area (Å²) < 4.78 is 10.9. The van der Waals surface area contributed by atoms with Crippen LogP contribution in [0.15, 0.2) is 24.3 Å². The zero-order chi connectivity index (χ0) is 12.3. The van der Waals surface area contributed by atoms with Crippen molar-refractivity contribution in [3.8, 4) is 0 Å². The molecule has 0 spiro atoms. The first-order chi connectivity index (χ1) is 7.30. The minimum atomic E-state index is -4.24. The van der Waals surface area contributed by atoms with E-state index in [1.165, 1.54) is 24.3 Å². The van der Waals surface area contributed by atoms with E-state index in [0.717, 1.165) is 0 Å². The number of carboxylic acid groups (broad SMARTS) is 1. The molecule has 0 aliphatic heterocycles. The standard InChI is InChI=1S/C9H12NO5P.ClH/c10-8(9(11)12)5-6-1-3-7(4-2-6)16(13,14)15;/h1-4,8H,5,10H2,(H,11,12)(H2,13,14,15);1H. The monoisotopic (exact) mass is 281 g/mol. The highest BCUT2D eigenvalue weighted by molar-refractivity contribution is 7.60. The number of halogens is 1. The zero-order valence-corrected chi connectivity index (χ0v) is 10.4. The van der Waals surface area contributed by atoms with Gasteiger partial charge in [-0.2, -0.15) is 0 Å². The Bertz CT molecular complexity index is 430. The van der Waals surface area contributed by atoms with Gasteiger partial charge < -0.3 is 20.6 Å². The van der Waals surface area contributed by atoms with Crippen LogP contribution in [0.1, 0.15) is 5.56 Å². The molecule has 0 radical (unpaired) electrons. The van der Waals surface area contributed by atoms with E-state index in [0.29, 0.717) is 5.56 Å². The van der Waals surface area contributed by atoms with Crippen molar-refractivity contribution in [2.24, 2.45) is 5.73 Å². The van der Waals surface area contributed by atoms with Crippen LogP contribution in [-0.2, 0) is 15.8 Å². The van der Waals surface area contributed by atoms with Gasteiger partial charge in [0.25, 0.3) is 0 Å². The number of hydrogen-bond acceptors (Lipinski definition) is 3.